The molecule has 0 aliphatic carbocycles. The van der Waals surface area contributed by atoms with Gasteiger partial charge >= 0.3 is 0 Å². The number of hydrogen-bond acceptors (Lipinski definition) is 4. The number of hydrogen-bond donors (Lipinski definition) is 3. The molecule has 2 aromatic rings. The number of ether oxygens (including phenoxy) is 1. The van der Waals surface area contributed by atoms with Crippen LogP contribution in [0.1, 0.15) is 16.1 Å². The van der Waals surface area contributed by atoms with Gasteiger partial charge in [0.1, 0.15) is 11.3 Å². The minimum Gasteiger partial charge on any atom is -0.497 e. The van der Waals surface area contributed by atoms with Gasteiger partial charge in [-0.2, -0.15) is 5.10 Å². The van der Waals surface area contributed by atoms with E-state index in [4.69, 9.17) is 22.1 Å². The summed E-state index contributed by atoms with van der Waals surface area (Å²) in [4.78, 5) is 12.1. The normalized spacial score (nSPS) is 10.3. The maximum atomic E-state index is 12.1. The number of halogens is 1. The molecular weight excluding hydrogens is 268 g/mol. The molecule has 1 aromatic carbocycles. The minimum absolute atomic E-state index is 0.147. The molecular formula is C12H13ClN4O2. The van der Waals surface area contributed by atoms with Crippen LogP contribution >= 0.6 is 11.6 Å². The molecule has 0 aliphatic rings. The number of benzene rings is 1. The Labute approximate surface area is 114 Å². The summed E-state index contributed by atoms with van der Waals surface area (Å²) in [5.74, 6) is 0.365. The molecule has 0 radical (unpaired) electrons. The third-order valence-electron chi connectivity index (χ3n) is 2.62. The SMILES string of the molecule is COc1ccc(Cl)c(NC(=O)c2c(N)n[nH]c2C)c1. The van der Waals surface area contributed by atoms with Crippen LogP contribution in [0.4, 0.5) is 11.5 Å². The van der Waals surface area contributed by atoms with Gasteiger partial charge in [-0.15, -0.1) is 0 Å². The van der Waals surface area contributed by atoms with E-state index < -0.39 is 0 Å². The molecule has 7 heteroatoms. The first-order valence-electron chi connectivity index (χ1n) is 5.48. The quantitative estimate of drug-likeness (QED) is 0.803. The Hall–Kier alpha value is -2.21. The van der Waals surface area contributed by atoms with Gasteiger partial charge in [-0.25, -0.2) is 0 Å². The van der Waals surface area contributed by atoms with Crippen LogP contribution in [0.15, 0.2) is 18.2 Å². The second-order valence-corrected chi connectivity index (χ2v) is 4.32. The molecule has 0 unspecified atom stereocenters. The Morgan fingerprint density at radius 2 is 2.26 bits per heavy atom. The third kappa shape index (κ3) is 2.63. The fourth-order valence-electron chi connectivity index (χ4n) is 1.65. The molecule has 0 spiro atoms. The van der Waals surface area contributed by atoms with Crippen LogP contribution in [-0.2, 0) is 0 Å². The molecule has 2 rings (SSSR count). The first-order valence-corrected chi connectivity index (χ1v) is 5.86. The first-order chi connectivity index (χ1) is 9.02. The summed E-state index contributed by atoms with van der Waals surface area (Å²) in [5, 5.41) is 9.51. The number of nitrogens with one attached hydrogen (secondary N) is 2. The smallest absolute Gasteiger partial charge is 0.261 e. The summed E-state index contributed by atoms with van der Waals surface area (Å²) in [7, 11) is 1.53. The number of nitrogens with two attached hydrogens (primary N) is 1. The maximum absolute atomic E-state index is 12.1. The molecule has 6 nitrogen and oxygen atoms in total. The lowest BCUT2D eigenvalue weighted by Gasteiger charge is -2.09. The molecule has 19 heavy (non-hydrogen) atoms. The average molecular weight is 281 g/mol. The number of amides is 1. The summed E-state index contributed by atoms with van der Waals surface area (Å²) >= 11 is 6.01. The summed E-state index contributed by atoms with van der Waals surface area (Å²) in [5.41, 5.74) is 6.98. The predicted octanol–water partition coefficient (Wildman–Crippen LogP) is 2.21. The van der Waals surface area contributed by atoms with Crippen molar-refractivity contribution in [3.8, 4) is 5.75 Å². The van der Waals surface area contributed by atoms with E-state index in [1.165, 1.54) is 7.11 Å². The van der Waals surface area contributed by atoms with Crippen molar-refractivity contribution in [2.75, 3.05) is 18.2 Å². The molecule has 1 heterocycles. The number of anilines is 2. The number of aromatic nitrogens is 2. The lowest BCUT2D eigenvalue weighted by atomic mass is 10.2. The molecule has 1 amide bonds. The zero-order valence-electron chi connectivity index (χ0n) is 10.5. The largest absolute Gasteiger partial charge is 0.497 e. The van der Waals surface area contributed by atoms with Gasteiger partial charge in [0, 0.05) is 11.8 Å². The van der Waals surface area contributed by atoms with Crippen molar-refractivity contribution in [3.63, 3.8) is 0 Å². The summed E-state index contributed by atoms with van der Waals surface area (Å²) in [6, 6.07) is 4.98. The Morgan fingerprint density at radius 1 is 1.53 bits per heavy atom. The highest BCUT2D eigenvalue weighted by atomic mass is 35.5. The van der Waals surface area contributed by atoms with E-state index in [0.29, 0.717) is 27.7 Å². The monoisotopic (exact) mass is 280 g/mol. The lowest BCUT2D eigenvalue weighted by Crippen LogP contribution is -2.14. The Bertz CT molecular complexity index is 605. The molecule has 1 aromatic heterocycles. The van der Waals surface area contributed by atoms with E-state index in [2.05, 4.69) is 15.5 Å². The number of rotatable bonds is 3. The van der Waals surface area contributed by atoms with Gasteiger partial charge in [0.25, 0.3) is 5.91 Å². The molecule has 0 fully saturated rings. The third-order valence-corrected chi connectivity index (χ3v) is 2.95. The van der Waals surface area contributed by atoms with Gasteiger partial charge in [0.2, 0.25) is 0 Å². The van der Waals surface area contributed by atoms with Crippen molar-refractivity contribution in [3.05, 3.63) is 34.5 Å². The lowest BCUT2D eigenvalue weighted by molar-refractivity contribution is 0.102. The van der Waals surface area contributed by atoms with Crippen molar-refractivity contribution in [1.82, 2.24) is 10.2 Å². The molecule has 100 valence electrons. The van der Waals surface area contributed by atoms with Crippen molar-refractivity contribution in [1.29, 1.82) is 0 Å². The highest BCUT2D eigenvalue weighted by molar-refractivity contribution is 6.34. The number of nitrogens with zero attached hydrogens (tertiary/aromatic N) is 1. The average Bonchev–Trinajstić information content (AvgIpc) is 2.71. The van der Waals surface area contributed by atoms with Gasteiger partial charge in [0.05, 0.1) is 17.8 Å². The van der Waals surface area contributed by atoms with E-state index in [9.17, 15) is 4.79 Å². The van der Waals surface area contributed by atoms with Crippen molar-refractivity contribution < 1.29 is 9.53 Å². The number of carbonyl (C=O) groups is 1. The molecule has 0 saturated carbocycles. The Kier molecular flexibility index (Phi) is 3.62. The fraction of sp³-hybridized carbons (Fsp3) is 0.167. The van der Waals surface area contributed by atoms with Gasteiger partial charge in [-0.1, -0.05) is 11.6 Å². The highest BCUT2D eigenvalue weighted by Gasteiger charge is 2.17. The zero-order valence-corrected chi connectivity index (χ0v) is 11.2. The summed E-state index contributed by atoms with van der Waals surface area (Å²) in [6.45, 7) is 1.71. The summed E-state index contributed by atoms with van der Waals surface area (Å²) < 4.78 is 5.08. The number of aryl methyl sites for hydroxylation is 1. The predicted molar refractivity (Wildman–Crippen MR) is 73.7 cm³/mol. The van der Waals surface area contributed by atoms with E-state index in [1.807, 2.05) is 0 Å². The van der Waals surface area contributed by atoms with Crippen LogP contribution in [0, 0.1) is 6.92 Å². The second kappa shape index (κ2) is 5.19. The minimum atomic E-state index is -0.376. The summed E-state index contributed by atoms with van der Waals surface area (Å²) in [6.07, 6.45) is 0. The van der Waals surface area contributed by atoms with Crippen LogP contribution in [-0.4, -0.2) is 23.2 Å². The van der Waals surface area contributed by atoms with Gasteiger partial charge in [-0.05, 0) is 19.1 Å². The maximum Gasteiger partial charge on any atom is 0.261 e. The number of H-pyrrole nitrogens is 1. The standard InChI is InChI=1S/C12H13ClN4O2/c1-6-10(11(14)17-16-6)12(18)15-9-5-7(19-2)3-4-8(9)13/h3-5H,1-2H3,(H,15,18)(H3,14,16,17). The Balaban J connectivity index is 2.29. The van der Waals surface area contributed by atoms with Crippen molar-refractivity contribution in [2.24, 2.45) is 0 Å². The van der Waals surface area contributed by atoms with Crippen LogP contribution in [0.2, 0.25) is 5.02 Å². The van der Waals surface area contributed by atoms with E-state index >= 15 is 0 Å². The van der Waals surface area contributed by atoms with Gasteiger partial charge in [-0.3, -0.25) is 9.89 Å². The zero-order chi connectivity index (χ0) is 14.0. The van der Waals surface area contributed by atoms with E-state index in [-0.39, 0.29) is 11.7 Å². The van der Waals surface area contributed by atoms with Crippen molar-refractivity contribution in [2.45, 2.75) is 6.92 Å². The van der Waals surface area contributed by atoms with E-state index in [1.54, 1.807) is 25.1 Å². The first kappa shape index (κ1) is 13.2. The van der Waals surface area contributed by atoms with E-state index in [0.717, 1.165) is 0 Å². The van der Waals surface area contributed by atoms with Crippen molar-refractivity contribution >= 4 is 29.0 Å². The fourth-order valence-corrected chi connectivity index (χ4v) is 1.81. The number of methoxy groups -OCH3 is 1. The van der Waals surface area contributed by atoms with Crippen LogP contribution in [0.5, 0.6) is 5.75 Å². The second-order valence-electron chi connectivity index (χ2n) is 3.91. The molecule has 0 saturated heterocycles. The van der Waals surface area contributed by atoms with Gasteiger partial charge < -0.3 is 15.8 Å². The Morgan fingerprint density at radius 3 is 2.84 bits per heavy atom. The van der Waals surface area contributed by atoms with Gasteiger partial charge in [0.15, 0.2) is 5.82 Å². The molecule has 0 atom stereocenters. The highest BCUT2D eigenvalue weighted by Crippen LogP contribution is 2.27. The van der Waals surface area contributed by atoms with Crippen LogP contribution < -0.4 is 15.8 Å². The van der Waals surface area contributed by atoms with Crippen LogP contribution in [0.25, 0.3) is 0 Å². The number of carbonyl (C=O) groups excluding carboxylic acids is 1. The molecule has 0 aliphatic heterocycles. The topological polar surface area (TPSA) is 93.0 Å². The number of nitrogen functional groups attached to an aromatic ring is 1. The van der Waals surface area contributed by atoms with Crippen LogP contribution in [0.3, 0.4) is 0 Å². The number of aromatic amines is 1. The molecule has 0 bridgehead atoms. The molecule has 4 N–H and O–H groups in total.